The van der Waals surface area contributed by atoms with E-state index in [0.29, 0.717) is 35.2 Å². The Labute approximate surface area is 208 Å². The maximum atomic E-state index is 14.7. The summed E-state index contributed by atoms with van der Waals surface area (Å²) in [5, 5.41) is 5.71. The second kappa shape index (κ2) is 9.39. The zero-order valence-corrected chi connectivity index (χ0v) is 19.9. The first kappa shape index (κ1) is 24.6. The fourth-order valence-corrected chi connectivity index (χ4v) is 4.27. The Bertz CT molecular complexity index is 1510. The molecule has 0 saturated carbocycles. The van der Waals surface area contributed by atoms with Gasteiger partial charge in [0.25, 0.3) is 5.56 Å². The first-order valence-electron chi connectivity index (χ1n) is 11.4. The summed E-state index contributed by atoms with van der Waals surface area (Å²) >= 11 is 0. The molecule has 1 aliphatic heterocycles. The molecule has 0 aliphatic carbocycles. The molecule has 0 radical (unpaired) electrons. The van der Waals surface area contributed by atoms with Crippen LogP contribution >= 0.6 is 0 Å². The predicted octanol–water partition coefficient (Wildman–Crippen LogP) is 3.86. The minimum absolute atomic E-state index is 0.0266. The number of alkyl halides is 3. The van der Waals surface area contributed by atoms with Crippen LogP contribution in [-0.4, -0.2) is 64.2 Å². The van der Waals surface area contributed by atoms with Gasteiger partial charge in [-0.1, -0.05) is 6.07 Å². The third-order valence-corrected chi connectivity index (χ3v) is 6.19. The summed E-state index contributed by atoms with van der Waals surface area (Å²) in [7, 11) is 3.67. The zero-order chi connectivity index (χ0) is 26.3. The Balaban J connectivity index is 1.51. The smallest absolute Gasteiger partial charge is 0.404 e. The molecule has 1 saturated heterocycles. The Kier molecular flexibility index (Phi) is 6.23. The number of likely N-dealkylation sites (N-methyl/N-ethyl adjacent to an activating group) is 1. The summed E-state index contributed by atoms with van der Waals surface area (Å²) < 4.78 is 59.7. The molecule has 2 N–H and O–H groups in total. The molecular formula is C24H23F4N7O2. The van der Waals surface area contributed by atoms with E-state index in [9.17, 15) is 22.4 Å². The van der Waals surface area contributed by atoms with Gasteiger partial charge in [-0.2, -0.15) is 0 Å². The summed E-state index contributed by atoms with van der Waals surface area (Å²) in [6, 6.07) is 9.04. The van der Waals surface area contributed by atoms with E-state index in [0.717, 1.165) is 19.3 Å². The molecule has 2 aromatic heterocycles. The molecule has 3 heterocycles. The summed E-state index contributed by atoms with van der Waals surface area (Å²) in [5.41, 5.74) is 1.14. The maximum Gasteiger partial charge on any atom is 0.573 e. The van der Waals surface area contributed by atoms with Crippen LogP contribution < -0.4 is 20.5 Å². The highest BCUT2D eigenvalue weighted by atomic mass is 19.4. The molecule has 4 aromatic rings. The molecule has 13 heteroatoms. The highest BCUT2D eigenvalue weighted by molar-refractivity contribution is 5.84. The SMILES string of the molecule is CN1CCN(c2ccc(OC(F)(F)F)c(Nc3ncc(F)c(-c4ccc5c(c4)c(=O)[nH]n5C)n3)c2)CC1. The lowest BCUT2D eigenvalue weighted by atomic mass is 10.1. The average Bonchev–Trinajstić information content (AvgIpc) is 3.13. The molecule has 0 unspecified atom stereocenters. The lowest BCUT2D eigenvalue weighted by Gasteiger charge is -2.34. The number of fused-ring (bicyclic) bond motifs is 1. The Morgan fingerprint density at radius 3 is 2.54 bits per heavy atom. The van der Waals surface area contributed by atoms with Crippen molar-refractivity contribution in [1.82, 2.24) is 24.6 Å². The molecule has 0 spiro atoms. The number of nitrogens with zero attached hydrogens (tertiary/aromatic N) is 5. The van der Waals surface area contributed by atoms with Crippen LogP contribution in [0.3, 0.4) is 0 Å². The van der Waals surface area contributed by atoms with Crippen molar-refractivity contribution >= 4 is 28.2 Å². The Morgan fingerprint density at radius 1 is 1.05 bits per heavy atom. The fourth-order valence-electron chi connectivity index (χ4n) is 4.27. The van der Waals surface area contributed by atoms with E-state index in [2.05, 4.69) is 30.0 Å². The van der Waals surface area contributed by atoms with Gasteiger partial charge in [0.05, 0.1) is 22.8 Å². The van der Waals surface area contributed by atoms with Gasteiger partial charge in [0.1, 0.15) is 5.69 Å². The van der Waals surface area contributed by atoms with Gasteiger partial charge in [0, 0.05) is 44.5 Å². The van der Waals surface area contributed by atoms with Crippen molar-refractivity contribution in [3.8, 4) is 17.0 Å². The second-order valence-electron chi connectivity index (χ2n) is 8.77. The third kappa shape index (κ3) is 5.21. The molecule has 0 bridgehead atoms. The first-order valence-corrected chi connectivity index (χ1v) is 11.4. The Morgan fingerprint density at radius 2 is 1.81 bits per heavy atom. The second-order valence-corrected chi connectivity index (χ2v) is 8.77. The number of hydrogen-bond donors (Lipinski definition) is 2. The quantitative estimate of drug-likeness (QED) is 0.389. The van der Waals surface area contributed by atoms with Crippen LogP contribution in [-0.2, 0) is 7.05 Å². The number of aromatic nitrogens is 4. The number of hydrogen-bond acceptors (Lipinski definition) is 7. The number of nitrogens with one attached hydrogen (secondary N) is 2. The van der Waals surface area contributed by atoms with Crippen molar-refractivity contribution in [2.75, 3.05) is 43.4 Å². The minimum atomic E-state index is -4.92. The number of aryl methyl sites for hydroxylation is 1. The molecule has 0 atom stereocenters. The van der Waals surface area contributed by atoms with Crippen LogP contribution in [0, 0.1) is 5.82 Å². The first-order chi connectivity index (χ1) is 17.6. The van der Waals surface area contributed by atoms with Gasteiger partial charge in [-0.25, -0.2) is 14.4 Å². The van der Waals surface area contributed by atoms with Crippen LogP contribution in [0.15, 0.2) is 47.4 Å². The monoisotopic (exact) mass is 517 g/mol. The molecule has 9 nitrogen and oxygen atoms in total. The largest absolute Gasteiger partial charge is 0.573 e. The van der Waals surface area contributed by atoms with Gasteiger partial charge in [0.15, 0.2) is 11.6 Å². The number of H-pyrrole nitrogens is 1. The van der Waals surface area contributed by atoms with Crippen LogP contribution in [0.1, 0.15) is 0 Å². The van der Waals surface area contributed by atoms with Gasteiger partial charge in [-0.05, 0) is 37.4 Å². The van der Waals surface area contributed by atoms with Crippen LogP contribution in [0.2, 0.25) is 0 Å². The molecule has 0 amide bonds. The lowest BCUT2D eigenvalue weighted by molar-refractivity contribution is -0.274. The molecule has 37 heavy (non-hydrogen) atoms. The zero-order valence-electron chi connectivity index (χ0n) is 19.9. The summed E-state index contributed by atoms with van der Waals surface area (Å²) in [6.45, 7) is 3.02. The van der Waals surface area contributed by atoms with Crippen molar-refractivity contribution < 1.29 is 22.3 Å². The van der Waals surface area contributed by atoms with Gasteiger partial charge < -0.3 is 19.9 Å². The number of rotatable bonds is 5. The van der Waals surface area contributed by atoms with E-state index in [-0.39, 0.29) is 22.9 Å². The lowest BCUT2D eigenvalue weighted by Crippen LogP contribution is -2.44. The molecule has 2 aromatic carbocycles. The number of ether oxygens (including phenoxy) is 1. The van der Waals surface area contributed by atoms with Gasteiger partial charge in [-0.3, -0.25) is 14.6 Å². The van der Waals surface area contributed by atoms with E-state index in [1.54, 1.807) is 29.9 Å². The van der Waals surface area contributed by atoms with Crippen molar-refractivity contribution in [2.24, 2.45) is 7.05 Å². The van der Waals surface area contributed by atoms with Gasteiger partial charge in [-0.15, -0.1) is 13.2 Å². The average molecular weight is 517 g/mol. The molecule has 194 valence electrons. The third-order valence-electron chi connectivity index (χ3n) is 6.19. The Hall–Kier alpha value is -4.13. The van der Waals surface area contributed by atoms with Crippen LogP contribution in [0.25, 0.3) is 22.2 Å². The molecular weight excluding hydrogens is 494 g/mol. The van der Waals surface area contributed by atoms with Crippen molar-refractivity contribution in [3.05, 3.63) is 58.8 Å². The van der Waals surface area contributed by atoms with Crippen LogP contribution in [0.5, 0.6) is 5.75 Å². The van der Waals surface area contributed by atoms with Crippen LogP contribution in [0.4, 0.5) is 34.9 Å². The topological polar surface area (TPSA) is 91.3 Å². The number of piperazine rings is 1. The van der Waals surface area contributed by atoms with Gasteiger partial charge in [0.2, 0.25) is 5.95 Å². The fraction of sp³-hybridized carbons (Fsp3) is 0.292. The summed E-state index contributed by atoms with van der Waals surface area (Å²) in [4.78, 5) is 24.5. The van der Waals surface area contributed by atoms with Crippen molar-refractivity contribution in [1.29, 1.82) is 0 Å². The number of halogens is 4. The minimum Gasteiger partial charge on any atom is -0.404 e. The van der Waals surface area contributed by atoms with Crippen molar-refractivity contribution in [2.45, 2.75) is 6.36 Å². The normalized spacial score (nSPS) is 14.8. The highest BCUT2D eigenvalue weighted by Gasteiger charge is 2.32. The van der Waals surface area contributed by atoms with E-state index in [4.69, 9.17) is 0 Å². The highest BCUT2D eigenvalue weighted by Crippen LogP contribution is 2.36. The van der Waals surface area contributed by atoms with E-state index in [1.165, 1.54) is 18.2 Å². The molecule has 1 fully saturated rings. The van der Waals surface area contributed by atoms with Gasteiger partial charge >= 0.3 is 6.36 Å². The molecule has 1 aliphatic rings. The van der Waals surface area contributed by atoms with E-state index >= 15 is 0 Å². The van der Waals surface area contributed by atoms with E-state index in [1.807, 2.05) is 11.9 Å². The molecule has 5 rings (SSSR count). The summed E-state index contributed by atoms with van der Waals surface area (Å²) in [6.07, 6.45) is -4.00. The summed E-state index contributed by atoms with van der Waals surface area (Å²) in [5.74, 6) is -1.37. The number of aromatic amines is 1. The number of benzene rings is 2. The van der Waals surface area contributed by atoms with E-state index < -0.39 is 17.9 Å². The number of anilines is 3. The standard InChI is InChI=1S/C24H23F4N7O2/c1-33-7-9-35(10-8-33)15-4-6-20(37-24(26,27)28)18(12-15)30-23-29-13-17(25)21(31-23)14-3-5-19-16(11-14)22(36)32-34(19)2/h3-6,11-13H,7-10H2,1-2H3,(H,32,36)(H,29,30,31). The van der Waals surface area contributed by atoms with Crippen molar-refractivity contribution in [3.63, 3.8) is 0 Å². The predicted molar refractivity (Wildman–Crippen MR) is 131 cm³/mol. The maximum absolute atomic E-state index is 14.7.